The van der Waals surface area contributed by atoms with Crippen molar-refractivity contribution in [2.75, 3.05) is 6.61 Å². The fourth-order valence-electron chi connectivity index (χ4n) is 4.34. The molecule has 9 heteroatoms. The Balaban J connectivity index is 1.22. The minimum atomic E-state index is -0.728. The molecule has 0 unspecified atom stereocenters. The van der Waals surface area contributed by atoms with Crippen LogP contribution in [0, 0.1) is 17.5 Å². The van der Waals surface area contributed by atoms with Crippen LogP contribution in [0.3, 0.4) is 0 Å². The van der Waals surface area contributed by atoms with Gasteiger partial charge in [0.1, 0.15) is 23.2 Å². The van der Waals surface area contributed by atoms with Crippen LogP contribution >= 0.6 is 11.6 Å². The van der Waals surface area contributed by atoms with E-state index in [0.717, 1.165) is 24.3 Å². The molecule has 3 aliphatic rings. The molecule has 2 aromatic rings. The third-order valence-electron chi connectivity index (χ3n) is 5.39. The number of carbonyl (C=O) groups is 2. The lowest BCUT2D eigenvalue weighted by atomic mass is 9.44. The minimum absolute atomic E-state index is 0.0319. The molecule has 2 bridgehead atoms. The van der Waals surface area contributed by atoms with E-state index in [-0.39, 0.29) is 46.7 Å². The smallest absolute Gasteiger partial charge is 0.258 e. The molecule has 2 aromatic carbocycles. The van der Waals surface area contributed by atoms with E-state index in [2.05, 4.69) is 10.6 Å². The molecular formula is C21H18ClF3N2O3. The molecule has 0 spiro atoms. The van der Waals surface area contributed by atoms with Gasteiger partial charge in [-0.3, -0.25) is 9.59 Å². The number of amides is 2. The second-order valence-electron chi connectivity index (χ2n) is 8.01. The molecule has 3 saturated carbocycles. The van der Waals surface area contributed by atoms with Crippen LogP contribution in [-0.4, -0.2) is 29.5 Å². The summed E-state index contributed by atoms with van der Waals surface area (Å²) in [5.41, 5.74) is -0.518. The van der Waals surface area contributed by atoms with Crippen LogP contribution < -0.4 is 15.4 Å². The van der Waals surface area contributed by atoms with Crippen LogP contribution in [0.4, 0.5) is 13.2 Å². The van der Waals surface area contributed by atoms with Crippen LogP contribution in [0.5, 0.6) is 5.75 Å². The van der Waals surface area contributed by atoms with Gasteiger partial charge in [-0.25, -0.2) is 13.2 Å². The van der Waals surface area contributed by atoms with Gasteiger partial charge in [-0.15, -0.1) is 0 Å². The van der Waals surface area contributed by atoms with Gasteiger partial charge in [-0.2, -0.15) is 0 Å². The molecule has 5 nitrogen and oxygen atoms in total. The van der Waals surface area contributed by atoms with E-state index in [1.54, 1.807) is 0 Å². The Morgan fingerprint density at radius 1 is 0.933 bits per heavy atom. The summed E-state index contributed by atoms with van der Waals surface area (Å²) >= 11 is 5.60. The van der Waals surface area contributed by atoms with Crippen molar-refractivity contribution >= 4 is 23.4 Å². The van der Waals surface area contributed by atoms with E-state index in [0.29, 0.717) is 19.3 Å². The van der Waals surface area contributed by atoms with Crippen LogP contribution in [0.15, 0.2) is 36.4 Å². The van der Waals surface area contributed by atoms with Crippen molar-refractivity contribution in [1.29, 1.82) is 0 Å². The molecule has 3 fully saturated rings. The van der Waals surface area contributed by atoms with E-state index in [9.17, 15) is 22.8 Å². The second kappa shape index (κ2) is 7.50. The molecule has 3 aliphatic carbocycles. The Labute approximate surface area is 175 Å². The topological polar surface area (TPSA) is 67.4 Å². The van der Waals surface area contributed by atoms with E-state index in [4.69, 9.17) is 16.3 Å². The van der Waals surface area contributed by atoms with Gasteiger partial charge in [-0.05, 0) is 49.1 Å². The average Bonchev–Trinajstić information content (AvgIpc) is 2.59. The third kappa shape index (κ3) is 4.23. The maximum absolute atomic E-state index is 13.4. The Hall–Kier alpha value is -2.74. The summed E-state index contributed by atoms with van der Waals surface area (Å²) in [4.78, 5) is 24.3. The van der Waals surface area contributed by atoms with E-state index < -0.39 is 23.0 Å². The Morgan fingerprint density at radius 2 is 1.53 bits per heavy atom. The molecule has 0 radical (unpaired) electrons. The molecule has 30 heavy (non-hydrogen) atoms. The number of nitrogens with one attached hydrogen (secondary N) is 2. The normalized spacial score (nSPS) is 23.7. The highest BCUT2D eigenvalue weighted by Gasteiger charge is 2.69. The van der Waals surface area contributed by atoms with Crippen molar-refractivity contribution in [1.82, 2.24) is 10.6 Å². The quantitative estimate of drug-likeness (QED) is 0.697. The highest BCUT2D eigenvalue weighted by Crippen LogP contribution is 2.60. The molecule has 0 aromatic heterocycles. The maximum Gasteiger partial charge on any atom is 0.258 e. The highest BCUT2D eigenvalue weighted by molar-refractivity contribution is 6.30. The first-order chi connectivity index (χ1) is 14.2. The molecular weight excluding hydrogens is 421 g/mol. The van der Waals surface area contributed by atoms with Gasteiger partial charge >= 0.3 is 0 Å². The SMILES string of the molecule is O=C(COc1ccc(Cl)c(F)c1)NC12CC(NC(=O)Cc3cc(F)cc(F)c3)(C1)C2. The van der Waals surface area contributed by atoms with Gasteiger partial charge in [0, 0.05) is 23.2 Å². The maximum atomic E-state index is 13.4. The first-order valence-electron chi connectivity index (χ1n) is 9.31. The van der Waals surface area contributed by atoms with Crippen LogP contribution in [0.1, 0.15) is 24.8 Å². The standard InChI is InChI=1S/C21H18ClF3N2O3/c22-16-2-1-15(7-17(16)25)30-8-19(29)27-21-9-20(10-21,11-21)26-18(28)5-12-3-13(23)6-14(24)4-12/h1-4,6-7H,5,8-11H2,(H,26,28)(H,27,29). The van der Waals surface area contributed by atoms with Gasteiger partial charge in [0.15, 0.2) is 6.61 Å². The minimum Gasteiger partial charge on any atom is -0.484 e. The van der Waals surface area contributed by atoms with Crippen LogP contribution in [0.2, 0.25) is 5.02 Å². The van der Waals surface area contributed by atoms with Gasteiger partial charge in [0.25, 0.3) is 5.91 Å². The van der Waals surface area contributed by atoms with Crippen LogP contribution in [-0.2, 0) is 16.0 Å². The number of rotatable bonds is 7. The number of benzene rings is 2. The first kappa shape index (κ1) is 20.5. The van der Waals surface area contributed by atoms with Crippen molar-refractivity contribution in [3.05, 3.63) is 64.4 Å². The Morgan fingerprint density at radius 3 is 2.13 bits per heavy atom. The summed E-state index contributed by atoms with van der Waals surface area (Å²) in [6, 6.07) is 6.91. The fourth-order valence-corrected chi connectivity index (χ4v) is 4.46. The number of halogens is 4. The lowest BCUT2D eigenvalue weighted by Crippen LogP contribution is -2.84. The zero-order chi connectivity index (χ0) is 21.5. The molecule has 5 rings (SSSR count). The van der Waals surface area contributed by atoms with Crippen molar-refractivity contribution in [3.63, 3.8) is 0 Å². The molecule has 2 amide bonds. The van der Waals surface area contributed by atoms with Gasteiger partial charge in [-0.1, -0.05) is 11.6 Å². The van der Waals surface area contributed by atoms with Crippen molar-refractivity contribution in [2.45, 2.75) is 36.8 Å². The number of ether oxygens (including phenoxy) is 1. The second-order valence-corrected chi connectivity index (χ2v) is 8.41. The van der Waals surface area contributed by atoms with E-state index in [1.807, 2.05) is 0 Å². The number of hydrogen-bond acceptors (Lipinski definition) is 3. The van der Waals surface area contributed by atoms with Crippen molar-refractivity contribution < 1.29 is 27.5 Å². The first-order valence-corrected chi connectivity index (χ1v) is 9.69. The summed E-state index contributed by atoms with van der Waals surface area (Å²) in [6.45, 7) is -0.271. The largest absolute Gasteiger partial charge is 0.484 e. The Kier molecular flexibility index (Phi) is 5.13. The van der Waals surface area contributed by atoms with Crippen LogP contribution in [0.25, 0.3) is 0 Å². The molecule has 0 heterocycles. The molecule has 0 saturated heterocycles. The molecule has 158 valence electrons. The summed E-state index contributed by atoms with van der Waals surface area (Å²) in [7, 11) is 0. The summed E-state index contributed by atoms with van der Waals surface area (Å²) in [5.74, 6) is -2.56. The number of hydrogen-bond donors (Lipinski definition) is 2. The molecule has 2 N–H and O–H groups in total. The average molecular weight is 439 g/mol. The van der Waals surface area contributed by atoms with Crippen molar-refractivity contribution in [2.24, 2.45) is 0 Å². The summed E-state index contributed by atoms with van der Waals surface area (Å²) in [5, 5.41) is 5.74. The highest BCUT2D eigenvalue weighted by atomic mass is 35.5. The Bertz CT molecular complexity index is 991. The summed E-state index contributed by atoms with van der Waals surface area (Å²) < 4.78 is 45.1. The lowest BCUT2D eigenvalue weighted by Gasteiger charge is -2.70. The predicted octanol–water partition coefficient (Wildman–Crippen LogP) is 3.29. The van der Waals surface area contributed by atoms with Gasteiger partial charge in [0.2, 0.25) is 5.91 Å². The zero-order valence-electron chi connectivity index (χ0n) is 15.7. The molecule has 0 atom stereocenters. The monoisotopic (exact) mass is 438 g/mol. The van der Waals surface area contributed by atoms with E-state index >= 15 is 0 Å². The lowest BCUT2D eigenvalue weighted by molar-refractivity contribution is -0.150. The summed E-state index contributed by atoms with van der Waals surface area (Å²) in [6.07, 6.45) is 1.60. The van der Waals surface area contributed by atoms with Crippen molar-refractivity contribution in [3.8, 4) is 5.75 Å². The fraction of sp³-hybridized carbons (Fsp3) is 0.333. The number of carbonyl (C=O) groups excluding carboxylic acids is 2. The third-order valence-corrected chi connectivity index (χ3v) is 5.69. The zero-order valence-corrected chi connectivity index (χ0v) is 16.5. The molecule has 0 aliphatic heterocycles. The van der Waals surface area contributed by atoms with Gasteiger partial charge < -0.3 is 15.4 Å². The van der Waals surface area contributed by atoms with Gasteiger partial charge in [0.05, 0.1) is 11.4 Å². The van der Waals surface area contributed by atoms with E-state index in [1.165, 1.54) is 12.1 Å². The predicted molar refractivity (Wildman–Crippen MR) is 103 cm³/mol.